The van der Waals surface area contributed by atoms with Crippen LogP contribution in [0.1, 0.15) is 22.3 Å². The van der Waals surface area contributed by atoms with Crippen LogP contribution in [0.4, 0.5) is 0 Å². The molecule has 0 unspecified atom stereocenters. The van der Waals surface area contributed by atoms with Crippen LogP contribution >= 0.6 is 0 Å². The maximum absolute atomic E-state index is 8.69. The van der Waals surface area contributed by atoms with Gasteiger partial charge in [-0.05, 0) is 35.4 Å². The van der Waals surface area contributed by atoms with Gasteiger partial charge in [0.15, 0.2) is 0 Å². The highest BCUT2D eigenvalue weighted by Crippen LogP contribution is 2.10. The van der Waals surface area contributed by atoms with E-state index >= 15 is 0 Å². The van der Waals surface area contributed by atoms with Crippen LogP contribution in [0, 0.1) is 22.7 Å². The molecule has 18 heavy (non-hydrogen) atoms. The summed E-state index contributed by atoms with van der Waals surface area (Å²) in [7, 11) is 0. The second kappa shape index (κ2) is 5.48. The number of hydrogen-bond acceptors (Lipinski definition) is 2. The molecule has 0 heterocycles. The summed E-state index contributed by atoms with van der Waals surface area (Å²) in [5.41, 5.74) is 3.40. The fourth-order valence-electron chi connectivity index (χ4n) is 1.53. The highest BCUT2D eigenvalue weighted by molar-refractivity contribution is 5.70. The lowest BCUT2D eigenvalue weighted by Crippen LogP contribution is -1.77. The molecule has 0 saturated heterocycles. The molecule has 2 heteroatoms. The molecule has 0 saturated carbocycles. The molecule has 0 aliphatic carbocycles. The molecule has 0 fully saturated rings. The Morgan fingerprint density at radius 3 is 1.22 bits per heavy atom. The second-order valence-electron chi connectivity index (χ2n) is 3.80. The van der Waals surface area contributed by atoms with E-state index in [-0.39, 0.29) is 0 Å². The van der Waals surface area contributed by atoms with Gasteiger partial charge in [-0.15, -0.1) is 0 Å². The lowest BCUT2D eigenvalue weighted by molar-refractivity contribution is 1.48. The Hall–Kier alpha value is -2.84. The second-order valence-corrected chi connectivity index (χ2v) is 3.80. The Balaban J connectivity index is 2.14. The van der Waals surface area contributed by atoms with Crippen LogP contribution in [0.5, 0.6) is 0 Å². The highest BCUT2D eigenvalue weighted by atomic mass is 14.2. The van der Waals surface area contributed by atoms with Gasteiger partial charge in [-0.2, -0.15) is 10.5 Å². The predicted octanol–water partition coefficient (Wildman–Crippen LogP) is 3.60. The third-order valence-electron chi connectivity index (χ3n) is 2.55. The number of benzene rings is 2. The first kappa shape index (κ1) is 11.6. The minimum atomic E-state index is 0.658. The van der Waals surface area contributed by atoms with Gasteiger partial charge in [-0.25, -0.2) is 0 Å². The molecule has 84 valence electrons. The minimum Gasteiger partial charge on any atom is -0.192 e. The first-order chi connectivity index (χ1) is 8.81. The van der Waals surface area contributed by atoms with E-state index in [1.165, 1.54) is 0 Å². The molecule has 0 radical (unpaired) electrons. The van der Waals surface area contributed by atoms with E-state index in [9.17, 15) is 0 Å². The molecule has 0 amide bonds. The molecule has 2 aromatic carbocycles. The van der Waals surface area contributed by atoms with E-state index in [0.717, 1.165) is 11.1 Å². The van der Waals surface area contributed by atoms with E-state index < -0.39 is 0 Å². The van der Waals surface area contributed by atoms with Gasteiger partial charge >= 0.3 is 0 Å². The van der Waals surface area contributed by atoms with Crippen molar-refractivity contribution in [1.82, 2.24) is 0 Å². The van der Waals surface area contributed by atoms with Crippen LogP contribution in [-0.4, -0.2) is 0 Å². The average molecular weight is 230 g/mol. The lowest BCUT2D eigenvalue weighted by atomic mass is 10.1. The van der Waals surface area contributed by atoms with E-state index in [2.05, 4.69) is 12.1 Å². The van der Waals surface area contributed by atoms with Crippen LogP contribution in [-0.2, 0) is 0 Å². The normalized spacial score (nSPS) is 9.89. The van der Waals surface area contributed by atoms with Crippen molar-refractivity contribution in [3.8, 4) is 12.1 Å². The molecule has 0 aliphatic rings. The number of hydrogen-bond donors (Lipinski definition) is 0. The number of nitriles is 2. The quantitative estimate of drug-likeness (QED) is 0.740. The highest BCUT2D eigenvalue weighted by Gasteiger charge is 1.91. The van der Waals surface area contributed by atoms with E-state index in [1.807, 2.05) is 36.4 Å². The molecule has 0 aliphatic heterocycles. The Morgan fingerprint density at radius 1 is 0.611 bits per heavy atom. The van der Waals surface area contributed by atoms with Gasteiger partial charge in [0, 0.05) is 0 Å². The molecule has 0 N–H and O–H groups in total. The van der Waals surface area contributed by atoms with Crippen molar-refractivity contribution in [3.05, 3.63) is 70.8 Å². The minimum absolute atomic E-state index is 0.658. The molecule has 0 atom stereocenters. The molecule has 0 aromatic heterocycles. The van der Waals surface area contributed by atoms with Crippen LogP contribution < -0.4 is 0 Å². The van der Waals surface area contributed by atoms with Gasteiger partial charge in [0.25, 0.3) is 0 Å². The van der Waals surface area contributed by atoms with E-state index in [1.54, 1.807) is 24.3 Å². The van der Waals surface area contributed by atoms with Gasteiger partial charge in [0.05, 0.1) is 23.3 Å². The summed E-state index contributed by atoms with van der Waals surface area (Å²) < 4.78 is 0. The van der Waals surface area contributed by atoms with Gasteiger partial charge in [-0.3, -0.25) is 0 Å². The predicted molar refractivity (Wildman–Crippen MR) is 71.2 cm³/mol. The molecule has 2 rings (SSSR count). The van der Waals surface area contributed by atoms with Crippen molar-refractivity contribution in [1.29, 1.82) is 10.5 Å². The van der Waals surface area contributed by atoms with Crippen molar-refractivity contribution in [2.24, 2.45) is 0 Å². The molecular weight excluding hydrogens is 220 g/mol. The largest absolute Gasteiger partial charge is 0.192 e. The Morgan fingerprint density at radius 2 is 0.944 bits per heavy atom. The molecule has 2 nitrogen and oxygen atoms in total. The monoisotopic (exact) mass is 230 g/mol. The summed E-state index contributed by atoms with van der Waals surface area (Å²) in [5.74, 6) is 0. The zero-order valence-corrected chi connectivity index (χ0v) is 9.67. The Kier molecular flexibility index (Phi) is 3.54. The third-order valence-corrected chi connectivity index (χ3v) is 2.55. The van der Waals surface area contributed by atoms with Crippen LogP contribution in [0.2, 0.25) is 0 Å². The fourth-order valence-corrected chi connectivity index (χ4v) is 1.53. The molecule has 0 bridgehead atoms. The van der Waals surface area contributed by atoms with Crippen molar-refractivity contribution in [2.45, 2.75) is 0 Å². The smallest absolute Gasteiger partial charge is 0.0991 e. The van der Waals surface area contributed by atoms with Crippen molar-refractivity contribution >= 4 is 12.2 Å². The summed E-state index contributed by atoms with van der Waals surface area (Å²) in [6.07, 6.45) is 3.95. The third kappa shape index (κ3) is 2.84. The van der Waals surface area contributed by atoms with Gasteiger partial charge in [0.2, 0.25) is 0 Å². The lowest BCUT2D eigenvalue weighted by Gasteiger charge is -1.95. The van der Waals surface area contributed by atoms with E-state index in [4.69, 9.17) is 10.5 Å². The molecule has 0 spiro atoms. The number of rotatable bonds is 2. The summed E-state index contributed by atoms with van der Waals surface area (Å²) in [4.78, 5) is 0. The first-order valence-electron chi connectivity index (χ1n) is 5.50. The van der Waals surface area contributed by atoms with Crippen molar-refractivity contribution in [2.75, 3.05) is 0 Å². The number of nitrogens with zero attached hydrogens (tertiary/aromatic N) is 2. The van der Waals surface area contributed by atoms with Crippen LogP contribution in [0.25, 0.3) is 12.2 Å². The van der Waals surface area contributed by atoms with Crippen LogP contribution in [0.3, 0.4) is 0 Å². The first-order valence-corrected chi connectivity index (χ1v) is 5.50. The van der Waals surface area contributed by atoms with Gasteiger partial charge < -0.3 is 0 Å². The topological polar surface area (TPSA) is 47.6 Å². The van der Waals surface area contributed by atoms with Crippen LogP contribution in [0.15, 0.2) is 48.5 Å². The molecular formula is C16H10N2. The zero-order valence-electron chi connectivity index (χ0n) is 9.67. The van der Waals surface area contributed by atoms with Crippen molar-refractivity contribution in [3.63, 3.8) is 0 Å². The Bertz CT molecular complexity index is 576. The summed E-state index contributed by atoms with van der Waals surface area (Å²) >= 11 is 0. The van der Waals surface area contributed by atoms with Gasteiger partial charge in [-0.1, -0.05) is 36.4 Å². The average Bonchev–Trinajstić information content (AvgIpc) is 2.46. The SMILES string of the molecule is N#Cc1ccc(C=Cc2ccc(C#N)cc2)cc1. The zero-order chi connectivity index (χ0) is 12.8. The van der Waals surface area contributed by atoms with Gasteiger partial charge in [0.1, 0.15) is 0 Å². The van der Waals surface area contributed by atoms with Crippen molar-refractivity contribution < 1.29 is 0 Å². The summed E-state index contributed by atoms with van der Waals surface area (Å²) in [6.45, 7) is 0. The standard InChI is InChI=1S/C16H10N2/c17-11-15-7-3-13(4-8-15)1-2-14-5-9-16(12-18)10-6-14/h1-10H. The van der Waals surface area contributed by atoms with E-state index in [0.29, 0.717) is 11.1 Å². The maximum atomic E-state index is 8.69. The molecule has 2 aromatic rings. The fraction of sp³-hybridized carbons (Fsp3) is 0. The Labute approximate surface area is 106 Å². The maximum Gasteiger partial charge on any atom is 0.0991 e. The summed E-state index contributed by atoms with van der Waals surface area (Å²) in [6, 6.07) is 18.9. The summed E-state index contributed by atoms with van der Waals surface area (Å²) in [5, 5.41) is 17.4.